The Morgan fingerprint density at radius 3 is 2.91 bits per heavy atom. The van der Waals surface area contributed by atoms with Gasteiger partial charge in [0.15, 0.2) is 0 Å². The van der Waals surface area contributed by atoms with Crippen molar-refractivity contribution in [1.29, 1.82) is 0 Å². The van der Waals surface area contributed by atoms with E-state index in [1.165, 1.54) is 12.8 Å². The Morgan fingerprint density at radius 2 is 2.18 bits per heavy atom. The zero-order chi connectivity index (χ0) is 6.10. The van der Waals surface area contributed by atoms with Gasteiger partial charge in [-0.3, -0.25) is 5.43 Å². The van der Waals surface area contributed by atoms with Crippen LogP contribution in [-0.2, 0) is 4.74 Å². The molecule has 0 amide bonds. The highest BCUT2D eigenvalue weighted by molar-refractivity contribution is 8.93. The van der Waals surface area contributed by atoms with Crippen LogP contribution in [0.25, 0.3) is 0 Å². The Bertz CT molecular complexity index is 103. The van der Waals surface area contributed by atoms with E-state index in [1.54, 1.807) is 0 Å². The van der Waals surface area contributed by atoms with E-state index in [0.29, 0.717) is 6.23 Å². The molecule has 11 heavy (non-hydrogen) atoms. The van der Waals surface area contributed by atoms with Gasteiger partial charge in [-0.05, 0) is 12.8 Å². The van der Waals surface area contributed by atoms with Crippen LogP contribution < -0.4 is 5.43 Å². The summed E-state index contributed by atoms with van der Waals surface area (Å²) in [5, 5.41) is 2.20. The largest absolute Gasteiger partial charge is 0.361 e. The van der Waals surface area contributed by atoms with E-state index in [1.807, 2.05) is 0 Å². The van der Waals surface area contributed by atoms with E-state index in [-0.39, 0.29) is 34.0 Å². The van der Waals surface area contributed by atoms with Crippen LogP contribution in [0.3, 0.4) is 0 Å². The predicted molar refractivity (Wildman–Crippen MR) is 54.3 cm³/mol. The number of nitrogens with zero attached hydrogens (tertiary/aromatic N) is 1. The van der Waals surface area contributed by atoms with Crippen molar-refractivity contribution in [3.05, 3.63) is 0 Å². The summed E-state index contributed by atoms with van der Waals surface area (Å²) in [6, 6.07) is 0. The van der Waals surface area contributed by atoms with Gasteiger partial charge in [-0.25, -0.2) is 5.01 Å². The Labute approximate surface area is 88.0 Å². The Balaban J connectivity index is 0.000000500. The summed E-state index contributed by atoms with van der Waals surface area (Å²) in [5.41, 5.74) is 3.29. The predicted octanol–water partition coefficient (Wildman–Crippen LogP) is 1.10. The second-order valence-corrected chi connectivity index (χ2v) is 2.57. The summed E-state index contributed by atoms with van der Waals surface area (Å²) in [5.74, 6) is 0. The number of hydrazine groups is 1. The molecular formula is C6H14Br2N2O. The maximum absolute atomic E-state index is 5.47. The Morgan fingerprint density at radius 1 is 1.36 bits per heavy atom. The van der Waals surface area contributed by atoms with Gasteiger partial charge in [0, 0.05) is 13.1 Å². The van der Waals surface area contributed by atoms with Crippen molar-refractivity contribution in [1.82, 2.24) is 10.4 Å². The molecule has 0 unspecified atom stereocenters. The van der Waals surface area contributed by atoms with Gasteiger partial charge >= 0.3 is 0 Å². The number of fused-ring (bicyclic) bond motifs is 1. The Hall–Kier alpha value is 0.840. The molecule has 2 aliphatic rings. The molecule has 1 atom stereocenters. The number of nitrogens with one attached hydrogen (secondary N) is 1. The molecule has 0 aromatic carbocycles. The fraction of sp³-hybridized carbons (Fsp3) is 1.00. The molecule has 0 radical (unpaired) electrons. The number of halogens is 2. The smallest absolute Gasteiger partial charge is 0.123 e. The molecule has 2 saturated heterocycles. The van der Waals surface area contributed by atoms with Crippen molar-refractivity contribution in [2.75, 3.05) is 19.7 Å². The Kier molecular flexibility index (Phi) is 5.90. The van der Waals surface area contributed by atoms with Gasteiger partial charge in [0.1, 0.15) is 6.23 Å². The maximum Gasteiger partial charge on any atom is 0.123 e. The lowest BCUT2D eigenvalue weighted by Gasteiger charge is -2.29. The van der Waals surface area contributed by atoms with Crippen molar-refractivity contribution < 1.29 is 4.74 Å². The van der Waals surface area contributed by atoms with Gasteiger partial charge in [0.25, 0.3) is 0 Å². The first kappa shape index (κ1) is 11.8. The zero-order valence-electron chi connectivity index (χ0n) is 6.28. The first-order chi connectivity index (χ1) is 4.47. The minimum absolute atomic E-state index is 0. The topological polar surface area (TPSA) is 24.5 Å². The fourth-order valence-corrected chi connectivity index (χ4v) is 1.47. The average Bonchev–Trinajstić information content (AvgIpc) is 2.33. The quantitative estimate of drug-likeness (QED) is 0.723. The maximum atomic E-state index is 5.47. The highest BCUT2D eigenvalue weighted by Gasteiger charge is 2.26. The monoisotopic (exact) mass is 288 g/mol. The van der Waals surface area contributed by atoms with Gasteiger partial charge in [-0.2, -0.15) is 0 Å². The molecule has 68 valence electrons. The van der Waals surface area contributed by atoms with Gasteiger partial charge < -0.3 is 4.74 Å². The van der Waals surface area contributed by atoms with Gasteiger partial charge in [0.05, 0.1) is 6.61 Å². The van der Waals surface area contributed by atoms with Crippen LogP contribution in [0.4, 0.5) is 0 Å². The SMILES string of the molecule is Br.Br.C1C[C@H]2OCCNN2C1. The highest BCUT2D eigenvalue weighted by atomic mass is 79.9. The molecule has 0 aromatic heterocycles. The number of rotatable bonds is 0. The van der Waals surface area contributed by atoms with E-state index in [9.17, 15) is 0 Å². The van der Waals surface area contributed by atoms with Crippen molar-refractivity contribution in [3.63, 3.8) is 0 Å². The van der Waals surface area contributed by atoms with Crippen LogP contribution in [0.5, 0.6) is 0 Å². The highest BCUT2D eigenvalue weighted by Crippen LogP contribution is 2.17. The molecule has 2 rings (SSSR count). The second-order valence-electron chi connectivity index (χ2n) is 2.57. The van der Waals surface area contributed by atoms with Crippen molar-refractivity contribution >= 4 is 34.0 Å². The summed E-state index contributed by atoms with van der Waals surface area (Å²) in [6.07, 6.45) is 2.86. The van der Waals surface area contributed by atoms with Gasteiger partial charge in [-0.15, -0.1) is 34.0 Å². The average molecular weight is 290 g/mol. The first-order valence-electron chi connectivity index (χ1n) is 3.58. The van der Waals surface area contributed by atoms with Gasteiger partial charge in [0.2, 0.25) is 0 Å². The second kappa shape index (κ2) is 5.48. The van der Waals surface area contributed by atoms with Crippen LogP contribution >= 0.6 is 34.0 Å². The molecule has 2 fully saturated rings. The summed E-state index contributed by atoms with van der Waals surface area (Å²) >= 11 is 0. The third-order valence-electron chi connectivity index (χ3n) is 1.92. The lowest BCUT2D eigenvalue weighted by molar-refractivity contribution is -0.0974. The zero-order valence-corrected chi connectivity index (χ0v) is 9.71. The molecule has 5 heteroatoms. The number of hydrogen-bond donors (Lipinski definition) is 1. The first-order valence-corrected chi connectivity index (χ1v) is 3.58. The molecule has 0 aliphatic carbocycles. The van der Waals surface area contributed by atoms with Crippen LogP contribution in [-0.4, -0.2) is 30.9 Å². The van der Waals surface area contributed by atoms with Gasteiger partial charge in [-0.1, -0.05) is 0 Å². The third-order valence-corrected chi connectivity index (χ3v) is 1.92. The summed E-state index contributed by atoms with van der Waals surface area (Å²) in [7, 11) is 0. The molecule has 2 heterocycles. The molecular weight excluding hydrogens is 276 g/mol. The van der Waals surface area contributed by atoms with Crippen LogP contribution in [0.1, 0.15) is 12.8 Å². The molecule has 0 bridgehead atoms. The third kappa shape index (κ3) is 2.66. The fourth-order valence-electron chi connectivity index (χ4n) is 1.47. The molecule has 3 nitrogen and oxygen atoms in total. The normalized spacial score (nSPS) is 30.0. The summed E-state index contributed by atoms with van der Waals surface area (Å²) in [6.45, 7) is 3.02. The lowest BCUT2D eigenvalue weighted by Crippen LogP contribution is -2.49. The standard InChI is InChI=1S/C6H12N2O.2BrH/c1-2-6-8(4-1)7-3-5-9-6;;/h6-7H,1-5H2;2*1H/t6-;;/m1../s1. The van der Waals surface area contributed by atoms with E-state index >= 15 is 0 Å². The van der Waals surface area contributed by atoms with Crippen molar-refractivity contribution in [2.45, 2.75) is 19.1 Å². The minimum atomic E-state index is 0. The van der Waals surface area contributed by atoms with Crippen LogP contribution in [0, 0.1) is 0 Å². The van der Waals surface area contributed by atoms with E-state index in [2.05, 4.69) is 10.4 Å². The molecule has 0 saturated carbocycles. The van der Waals surface area contributed by atoms with E-state index < -0.39 is 0 Å². The van der Waals surface area contributed by atoms with Crippen LogP contribution in [0.2, 0.25) is 0 Å². The molecule has 1 N–H and O–H groups in total. The van der Waals surface area contributed by atoms with E-state index in [0.717, 1.165) is 19.7 Å². The van der Waals surface area contributed by atoms with Crippen molar-refractivity contribution in [3.8, 4) is 0 Å². The molecule has 2 aliphatic heterocycles. The summed E-state index contributed by atoms with van der Waals surface area (Å²) in [4.78, 5) is 0. The summed E-state index contributed by atoms with van der Waals surface area (Å²) < 4.78 is 5.47. The van der Waals surface area contributed by atoms with E-state index in [4.69, 9.17) is 4.74 Å². The minimum Gasteiger partial charge on any atom is -0.361 e. The molecule has 0 aromatic rings. The lowest BCUT2D eigenvalue weighted by atomic mass is 10.4. The molecule has 0 spiro atoms. The van der Waals surface area contributed by atoms with Crippen LogP contribution in [0.15, 0.2) is 0 Å². The van der Waals surface area contributed by atoms with Crippen molar-refractivity contribution in [2.24, 2.45) is 0 Å². The number of ether oxygens (including phenoxy) is 1. The number of hydrogen-bond acceptors (Lipinski definition) is 3.